The van der Waals surface area contributed by atoms with Crippen molar-refractivity contribution in [2.45, 2.75) is 32.2 Å². The Morgan fingerprint density at radius 1 is 1.07 bits per heavy atom. The number of hydrogen-bond donors (Lipinski definition) is 3. The highest BCUT2D eigenvalue weighted by Gasteiger charge is 2.39. The number of methoxy groups -OCH3 is 1. The summed E-state index contributed by atoms with van der Waals surface area (Å²) < 4.78 is 5.26. The molecule has 0 saturated carbocycles. The molecule has 1 aliphatic rings. The third kappa shape index (κ3) is 5.43. The third-order valence-corrected chi connectivity index (χ3v) is 7.12. The van der Waals surface area contributed by atoms with Crippen LogP contribution in [0.4, 0.5) is 17.2 Å². The molecule has 0 aliphatic carbocycles. The van der Waals surface area contributed by atoms with Crippen LogP contribution in [0.2, 0.25) is 0 Å². The molecule has 3 aromatic carbocycles. The number of aliphatic hydroxyl groups excluding tert-OH is 1. The van der Waals surface area contributed by atoms with E-state index in [-0.39, 0.29) is 30.9 Å². The number of aromatic nitrogens is 2. The molecule has 0 spiro atoms. The van der Waals surface area contributed by atoms with E-state index in [1.807, 2.05) is 80.6 Å². The SMILES string of the molecule is COc1ccc(N(C(=O)CN2CCN(c3ccccc3)C(O)C(Nc3n[nH]c4ccccc34)C2=O)C(C)C)cc1. The molecule has 5 rings (SSSR count). The summed E-state index contributed by atoms with van der Waals surface area (Å²) in [6.45, 7) is 4.32. The number of aliphatic hydroxyl groups is 1. The van der Waals surface area contributed by atoms with Crippen LogP contribution in [0.5, 0.6) is 5.75 Å². The summed E-state index contributed by atoms with van der Waals surface area (Å²) in [5.41, 5.74) is 2.29. The average Bonchev–Trinajstić information content (AvgIpc) is 3.34. The number of anilines is 3. The maximum absolute atomic E-state index is 14.0. The molecule has 40 heavy (non-hydrogen) atoms. The molecule has 1 saturated heterocycles. The highest BCUT2D eigenvalue weighted by Crippen LogP contribution is 2.27. The van der Waals surface area contributed by atoms with Crippen LogP contribution in [0.15, 0.2) is 78.9 Å². The number of amides is 2. The van der Waals surface area contributed by atoms with Crippen molar-refractivity contribution in [2.75, 3.05) is 41.9 Å². The topological polar surface area (TPSA) is 114 Å². The zero-order chi connectivity index (χ0) is 28.2. The summed E-state index contributed by atoms with van der Waals surface area (Å²) in [7, 11) is 1.59. The van der Waals surface area contributed by atoms with Crippen molar-refractivity contribution in [3.05, 3.63) is 78.9 Å². The van der Waals surface area contributed by atoms with E-state index in [0.717, 1.165) is 16.6 Å². The number of benzene rings is 3. The number of H-pyrrole nitrogens is 1. The molecular weight excluding hydrogens is 508 g/mol. The van der Waals surface area contributed by atoms with Crippen LogP contribution in [0.1, 0.15) is 13.8 Å². The minimum atomic E-state index is -1.20. The van der Waals surface area contributed by atoms with E-state index in [0.29, 0.717) is 23.8 Å². The highest BCUT2D eigenvalue weighted by atomic mass is 16.5. The van der Waals surface area contributed by atoms with Gasteiger partial charge in [-0.3, -0.25) is 14.7 Å². The maximum Gasteiger partial charge on any atom is 0.250 e. The molecular formula is C30H34N6O4. The minimum absolute atomic E-state index is 0.140. The predicted molar refractivity (Wildman–Crippen MR) is 155 cm³/mol. The molecule has 2 heterocycles. The van der Waals surface area contributed by atoms with Crippen molar-refractivity contribution in [1.29, 1.82) is 0 Å². The summed E-state index contributed by atoms with van der Waals surface area (Å²) in [6.07, 6.45) is -1.20. The van der Waals surface area contributed by atoms with E-state index < -0.39 is 12.3 Å². The Morgan fingerprint density at radius 3 is 2.48 bits per heavy atom. The van der Waals surface area contributed by atoms with Gasteiger partial charge in [0.25, 0.3) is 0 Å². The molecule has 1 aromatic heterocycles. The molecule has 2 atom stereocenters. The fourth-order valence-corrected chi connectivity index (χ4v) is 5.10. The Hall–Kier alpha value is -4.57. The van der Waals surface area contributed by atoms with Crippen LogP contribution in [0.3, 0.4) is 0 Å². The lowest BCUT2D eigenvalue weighted by atomic mass is 10.1. The van der Waals surface area contributed by atoms with Gasteiger partial charge in [-0.25, -0.2) is 0 Å². The molecule has 1 fully saturated rings. The number of fused-ring (bicyclic) bond motifs is 1. The largest absolute Gasteiger partial charge is 0.497 e. The second-order valence-electron chi connectivity index (χ2n) is 10.00. The van der Waals surface area contributed by atoms with Crippen LogP contribution >= 0.6 is 0 Å². The number of nitrogens with zero attached hydrogens (tertiary/aromatic N) is 4. The standard InChI is InChI=1S/C30H34N6O4/c1-20(2)36(22-13-15-23(40-3)16-14-22)26(37)19-34-17-18-35(21-9-5-4-6-10-21)30(39)27(29(34)38)31-28-24-11-7-8-12-25(24)32-33-28/h4-16,20,27,30,39H,17-19H2,1-3H3,(H2,31,32,33). The van der Waals surface area contributed by atoms with Crippen molar-refractivity contribution >= 4 is 39.9 Å². The van der Waals surface area contributed by atoms with E-state index in [4.69, 9.17) is 4.74 Å². The summed E-state index contributed by atoms with van der Waals surface area (Å²) >= 11 is 0. The second kappa shape index (κ2) is 11.7. The van der Waals surface area contributed by atoms with Crippen LogP contribution < -0.4 is 19.9 Å². The fourth-order valence-electron chi connectivity index (χ4n) is 5.10. The lowest BCUT2D eigenvalue weighted by molar-refractivity contribution is -0.136. The Kier molecular flexibility index (Phi) is 7.88. The first-order valence-corrected chi connectivity index (χ1v) is 13.3. The minimum Gasteiger partial charge on any atom is -0.497 e. The smallest absolute Gasteiger partial charge is 0.250 e. The van der Waals surface area contributed by atoms with E-state index in [2.05, 4.69) is 15.5 Å². The maximum atomic E-state index is 14.0. The Morgan fingerprint density at radius 2 is 1.77 bits per heavy atom. The summed E-state index contributed by atoms with van der Waals surface area (Å²) in [4.78, 5) is 32.6. The number of hydrogen-bond acceptors (Lipinski definition) is 7. The van der Waals surface area contributed by atoms with Gasteiger partial charge in [-0.1, -0.05) is 30.3 Å². The normalized spacial score (nSPS) is 17.7. The van der Waals surface area contributed by atoms with Crippen LogP contribution in [0, 0.1) is 0 Å². The van der Waals surface area contributed by atoms with E-state index in [1.165, 1.54) is 4.90 Å². The number of carbonyl (C=O) groups is 2. The van der Waals surface area contributed by atoms with E-state index in [9.17, 15) is 14.7 Å². The van der Waals surface area contributed by atoms with Gasteiger partial charge in [0.2, 0.25) is 11.8 Å². The summed E-state index contributed by atoms with van der Waals surface area (Å²) in [5, 5.41) is 22.8. The third-order valence-electron chi connectivity index (χ3n) is 7.12. The highest BCUT2D eigenvalue weighted by molar-refractivity contribution is 5.99. The molecule has 208 valence electrons. The van der Waals surface area contributed by atoms with Crippen molar-refractivity contribution in [1.82, 2.24) is 15.1 Å². The number of carbonyl (C=O) groups excluding carboxylic acids is 2. The molecule has 3 N–H and O–H groups in total. The number of para-hydroxylation sites is 2. The van der Waals surface area contributed by atoms with Gasteiger partial charge in [0, 0.05) is 35.9 Å². The predicted octanol–water partition coefficient (Wildman–Crippen LogP) is 3.46. The van der Waals surface area contributed by atoms with Crippen LogP contribution in [-0.4, -0.2) is 77.1 Å². The Labute approximate surface area is 233 Å². The molecule has 1 aliphatic heterocycles. The first kappa shape index (κ1) is 27.0. The summed E-state index contributed by atoms with van der Waals surface area (Å²) in [6, 6.07) is 23.0. The van der Waals surface area contributed by atoms with Gasteiger partial charge in [-0.2, -0.15) is 5.10 Å². The Balaban J connectivity index is 1.44. The average molecular weight is 543 g/mol. The zero-order valence-electron chi connectivity index (χ0n) is 22.8. The molecule has 10 heteroatoms. The molecule has 2 unspecified atom stereocenters. The number of nitrogens with one attached hydrogen (secondary N) is 2. The van der Waals surface area contributed by atoms with Crippen LogP contribution in [0.25, 0.3) is 10.9 Å². The van der Waals surface area contributed by atoms with Crippen LogP contribution in [-0.2, 0) is 9.59 Å². The second-order valence-corrected chi connectivity index (χ2v) is 10.00. The Bertz CT molecular complexity index is 1460. The van der Waals surface area contributed by atoms with Crippen molar-refractivity contribution in [3.8, 4) is 5.75 Å². The first-order valence-electron chi connectivity index (χ1n) is 13.3. The van der Waals surface area contributed by atoms with Crippen molar-refractivity contribution < 1.29 is 19.4 Å². The van der Waals surface area contributed by atoms with Gasteiger partial charge < -0.3 is 29.9 Å². The van der Waals surface area contributed by atoms with Gasteiger partial charge >= 0.3 is 0 Å². The first-order chi connectivity index (χ1) is 19.4. The quantitative estimate of drug-likeness (QED) is 0.313. The van der Waals surface area contributed by atoms with Crippen molar-refractivity contribution in [3.63, 3.8) is 0 Å². The zero-order valence-corrected chi connectivity index (χ0v) is 22.8. The lowest BCUT2D eigenvalue weighted by Gasteiger charge is -2.32. The number of ether oxygens (including phenoxy) is 1. The van der Waals surface area contributed by atoms with Gasteiger partial charge in [0.15, 0.2) is 18.1 Å². The molecule has 0 radical (unpaired) electrons. The monoisotopic (exact) mass is 542 g/mol. The van der Waals surface area contributed by atoms with E-state index >= 15 is 0 Å². The molecule has 2 amide bonds. The lowest BCUT2D eigenvalue weighted by Crippen LogP contribution is -2.53. The fraction of sp³-hybridized carbons (Fsp3) is 0.300. The number of rotatable bonds is 8. The molecule has 4 aromatic rings. The van der Waals surface area contributed by atoms with E-state index in [1.54, 1.807) is 29.0 Å². The van der Waals surface area contributed by atoms with Gasteiger partial charge in [-0.05, 0) is 62.4 Å². The summed E-state index contributed by atoms with van der Waals surface area (Å²) in [5.74, 6) is 0.540. The van der Waals surface area contributed by atoms with Gasteiger partial charge in [0.05, 0.1) is 12.6 Å². The van der Waals surface area contributed by atoms with Crippen molar-refractivity contribution in [2.24, 2.45) is 0 Å². The molecule has 0 bridgehead atoms. The van der Waals surface area contributed by atoms with Gasteiger partial charge in [0.1, 0.15) is 12.3 Å². The number of aromatic amines is 1. The van der Waals surface area contributed by atoms with Gasteiger partial charge in [-0.15, -0.1) is 0 Å². The molecule has 10 nitrogen and oxygen atoms in total.